The van der Waals surface area contributed by atoms with E-state index in [4.69, 9.17) is 0 Å². The summed E-state index contributed by atoms with van der Waals surface area (Å²) >= 11 is 1.70. The first-order chi connectivity index (χ1) is 7.72. The van der Waals surface area contributed by atoms with Gasteiger partial charge in [-0.05, 0) is 38.7 Å². The fourth-order valence-corrected chi connectivity index (χ4v) is 3.05. The van der Waals surface area contributed by atoms with Crippen molar-refractivity contribution in [3.63, 3.8) is 0 Å². The number of thiophene rings is 1. The van der Waals surface area contributed by atoms with Crippen LogP contribution < -0.4 is 0 Å². The van der Waals surface area contributed by atoms with Gasteiger partial charge < -0.3 is 4.90 Å². The third-order valence-electron chi connectivity index (χ3n) is 3.31. The Hall–Kier alpha value is -0.830. The molecule has 0 bridgehead atoms. The molecule has 1 aliphatic heterocycles. The maximum atomic E-state index is 12.3. The summed E-state index contributed by atoms with van der Waals surface area (Å²) in [4.78, 5) is 15.6. The fourth-order valence-electron chi connectivity index (χ4n) is 2.24. The van der Waals surface area contributed by atoms with Gasteiger partial charge in [0.05, 0.1) is 5.56 Å². The molecule has 1 fully saturated rings. The predicted molar refractivity (Wildman–Crippen MR) is 68.0 cm³/mol. The van der Waals surface area contributed by atoms with Crippen molar-refractivity contribution >= 4 is 17.2 Å². The van der Waals surface area contributed by atoms with Crippen LogP contribution in [0.25, 0.3) is 0 Å². The summed E-state index contributed by atoms with van der Waals surface area (Å²) in [6.45, 7) is 5.21. The second-order valence-corrected chi connectivity index (χ2v) is 5.49. The van der Waals surface area contributed by atoms with Gasteiger partial charge in [0.25, 0.3) is 5.91 Å². The summed E-state index contributed by atoms with van der Waals surface area (Å²) in [6.07, 6.45) is 4.58. The maximum absolute atomic E-state index is 12.3. The second kappa shape index (κ2) is 5.00. The highest BCUT2D eigenvalue weighted by molar-refractivity contribution is 7.10. The van der Waals surface area contributed by atoms with Crippen molar-refractivity contribution in [3.05, 3.63) is 21.9 Å². The number of aryl methyl sites for hydroxylation is 1. The highest BCUT2D eigenvalue weighted by atomic mass is 32.1. The van der Waals surface area contributed by atoms with Gasteiger partial charge in [0.1, 0.15) is 0 Å². The zero-order valence-corrected chi connectivity index (χ0v) is 10.8. The molecule has 1 atom stereocenters. The molecule has 1 saturated heterocycles. The number of carbonyl (C=O) groups is 1. The average molecular weight is 237 g/mol. The van der Waals surface area contributed by atoms with Crippen LogP contribution in [-0.2, 0) is 6.42 Å². The quantitative estimate of drug-likeness (QED) is 0.772. The Morgan fingerprint density at radius 1 is 1.56 bits per heavy atom. The average Bonchev–Trinajstić information content (AvgIpc) is 2.77. The van der Waals surface area contributed by atoms with Crippen molar-refractivity contribution in [1.29, 1.82) is 0 Å². The molecule has 1 aliphatic rings. The first-order valence-electron chi connectivity index (χ1n) is 6.10. The van der Waals surface area contributed by atoms with E-state index in [1.54, 1.807) is 11.3 Å². The topological polar surface area (TPSA) is 20.3 Å². The molecule has 3 heteroatoms. The van der Waals surface area contributed by atoms with Gasteiger partial charge in [-0.2, -0.15) is 0 Å². The molecular formula is C13H19NOS. The Balaban J connectivity index is 2.11. The summed E-state index contributed by atoms with van der Waals surface area (Å²) in [7, 11) is 0. The number of carbonyl (C=O) groups excluding carboxylic acids is 1. The SMILES string of the molecule is CCc1cc(C(=O)N2CCCC[C@H]2C)cs1. The Bertz CT molecular complexity index is 372. The molecular weight excluding hydrogens is 218 g/mol. The fraction of sp³-hybridized carbons (Fsp3) is 0.615. The minimum Gasteiger partial charge on any atom is -0.336 e. The molecule has 1 aromatic heterocycles. The highest BCUT2D eigenvalue weighted by Crippen LogP contribution is 2.22. The third-order valence-corrected chi connectivity index (χ3v) is 4.39. The summed E-state index contributed by atoms with van der Waals surface area (Å²) in [5.41, 5.74) is 0.885. The van der Waals surface area contributed by atoms with E-state index in [2.05, 4.69) is 13.8 Å². The molecule has 0 aliphatic carbocycles. The molecule has 0 radical (unpaired) electrons. The van der Waals surface area contributed by atoms with Gasteiger partial charge in [-0.25, -0.2) is 0 Å². The smallest absolute Gasteiger partial charge is 0.254 e. The summed E-state index contributed by atoms with van der Waals surface area (Å²) in [5, 5.41) is 2.00. The van der Waals surface area contributed by atoms with Gasteiger partial charge in [0.15, 0.2) is 0 Å². The van der Waals surface area contributed by atoms with Crippen LogP contribution >= 0.6 is 11.3 Å². The molecule has 0 N–H and O–H groups in total. The van der Waals surface area contributed by atoms with Gasteiger partial charge in [0.2, 0.25) is 0 Å². The Labute approximate surface area is 101 Å². The molecule has 2 nitrogen and oxygen atoms in total. The summed E-state index contributed by atoms with van der Waals surface area (Å²) < 4.78 is 0. The second-order valence-electron chi connectivity index (χ2n) is 4.50. The van der Waals surface area contributed by atoms with E-state index in [1.165, 1.54) is 11.3 Å². The van der Waals surface area contributed by atoms with Crippen molar-refractivity contribution < 1.29 is 4.79 Å². The van der Waals surface area contributed by atoms with Crippen molar-refractivity contribution in [2.75, 3.05) is 6.54 Å². The number of amides is 1. The van der Waals surface area contributed by atoms with Crippen LogP contribution in [0.4, 0.5) is 0 Å². The number of likely N-dealkylation sites (tertiary alicyclic amines) is 1. The van der Waals surface area contributed by atoms with Gasteiger partial charge in [-0.15, -0.1) is 11.3 Å². The zero-order valence-electron chi connectivity index (χ0n) is 10.0. The first kappa shape index (κ1) is 11.6. The number of piperidine rings is 1. The van der Waals surface area contributed by atoms with Crippen LogP contribution in [0, 0.1) is 0 Å². The lowest BCUT2D eigenvalue weighted by atomic mass is 10.0. The molecule has 2 rings (SSSR count). The number of rotatable bonds is 2. The standard InChI is InChI=1S/C13H19NOS/c1-3-12-8-11(9-16-12)13(15)14-7-5-4-6-10(14)2/h8-10H,3-7H2,1-2H3/t10-/m1/s1. The summed E-state index contributed by atoms with van der Waals surface area (Å²) in [5.74, 6) is 0.225. The first-order valence-corrected chi connectivity index (χ1v) is 6.98. The third kappa shape index (κ3) is 2.29. The van der Waals surface area contributed by atoms with Crippen molar-refractivity contribution in [1.82, 2.24) is 4.90 Å². The number of nitrogens with zero attached hydrogens (tertiary/aromatic N) is 1. The van der Waals surface area contributed by atoms with Crippen LogP contribution in [0.1, 0.15) is 48.3 Å². The Morgan fingerprint density at radius 3 is 3.00 bits per heavy atom. The maximum Gasteiger partial charge on any atom is 0.254 e. The molecule has 2 heterocycles. The Morgan fingerprint density at radius 2 is 2.38 bits per heavy atom. The molecule has 88 valence electrons. The van der Waals surface area contributed by atoms with Gasteiger partial charge in [-0.1, -0.05) is 6.92 Å². The van der Waals surface area contributed by atoms with Crippen LogP contribution in [0.5, 0.6) is 0 Å². The van der Waals surface area contributed by atoms with Crippen molar-refractivity contribution in [3.8, 4) is 0 Å². The van der Waals surface area contributed by atoms with Crippen LogP contribution in [0.15, 0.2) is 11.4 Å². The molecule has 16 heavy (non-hydrogen) atoms. The van der Waals surface area contributed by atoms with E-state index in [9.17, 15) is 4.79 Å². The minimum atomic E-state index is 0.225. The van der Waals surface area contributed by atoms with Gasteiger partial charge in [-0.3, -0.25) is 4.79 Å². The highest BCUT2D eigenvalue weighted by Gasteiger charge is 2.24. The van der Waals surface area contributed by atoms with E-state index >= 15 is 0 Å². The van der Waals surface area contributed by atoms with E-state index < -0.39 is 0 Å². The normalized spacial score (nSPS) is 21.1. The molecule has 1 amide bonds. The molecule has 1 aromatic rings. The molecule has 0 unspecified atom stereocenters. The van der Waals surface area contributed by atoms with Crippen LogP contribution in [-0.4, -0.2) is 23.4 Å². The monoisotopic (exact) mass is 237 g/mol. The van der Waals surface area contributed by atoms with E-state index in [0.717, 1.165) is 31.4 Å². The van der Waals surface area contributed by atoms with Crippen molar-refractivity contribution in [2.24, 2.45) is 0 Å². The minimum absolute atomic E-state index is 0.225. The van der Waals surface area contributed by atoms with E-state index in [-0.39, 0.29) is 5.91 Å². The Kier molecular flexibility index (Phi) is 3.64. The van der Waals surface area contributed by atoms with Crippen LogP contribution in [0.2, 0.25) is 0 Å². The van der Waals surface area contributed by atoms with E-state index in [0.29, 0.717) is 6.04 Å². The lowest BCUT2D eigenvalue weighted by Crippen LogP contribution is -2.41. The molecule has 0 spiro atoms. The lowest BCUT2D eigenvalue weighted by molar-refractivity contribution is 0.0636. The number of hydrogen-bond donors (Lipinski definition) is 0. The van der Waals surface area contributed by atoms with Crippen molar-refractivity contribution in [2.45, 2.75) is 45.6 Å². The summed E-state index contributed by atoms with van der Waals surface area (Å²) in [6, 6.07) is 2.46. The molecule has 0 aromatic carbocycles. The van der Waals surface area contributed by atoms with Crippen LogP contribution in [0.3, 0.4) is 0 Å². The van der Waals surface area contributed by atoms with Gasteiger partial charge in [0, 0.05) is 22.8 Å². The lowest BCUT2D eigenvalue weighted by Gasteiger charge is -2.33. The van der Waals surface area contributed by atoms with Gasteiger partial charge >= 0.3 is 0 Å². The number of hydrogen-bond acceptors (Lipinski definition) is 2. The predicted octanol–water partition coefficient (Wildman–Crippen LogP) is 3.33. The molecule has 0 saturated carbocycles. The van der Waals surface area contributed by atoms with E-state index in [1.807, 2.05) is 16.3 Å². The largest absolute Gasteiger partial charge is 0.336 e. The zero-order chi connectivity index (χ0) is 11.5.